The van der Waals surface area contributed by atoms with Gasteiger partial charge in [0, 0.05) is 28.3 Å². The average Bonchev–Trinajstić information content (AvgIpc) is 3.16. The number of nitrogens with two attached hydrogens (primary N) is 1. The number of rotatable bonds is 5. The Kier molecular flexibility index (Phi) is 6.34. The lowest BCUT2D eigenvalue weighted by Crippen LogP contribution is -2.47. The SMILES string of the molecule is CC(OC(=O)c1ccc(Cl)cc1N)C(=O)N(c1nccs1)C1CCCCC1. The van der Waals surface area contributed by atoms with Crippen LogP contribution in [0.5, 0.6) is 0 Å². The fraction of sp³-hybridized carbons (Fsp3) is 0.421. The Morgan fingerprint density at radius 1 is 1.33 bits per heavy atom. The van der Waals surface area contributed by atoms with Crippen LogP contribution >= 0.6 is 22.9 Å². The highest BCUT2D eigenvalue weighted by Crippen LogP contribution is 2.30. The maximum Gasteiger partial charge on any atom is 0.341 e. The van der Waals surface area contributed by atoms with Gasteiger partial charge in [-0.15, -0.1) is 11.3 Å². The molecular formula is C19H22ClN3O3S. The van der Waals surface area contributed by atoms with Crippen LogP contribution in [0.1, 0.15) is 49.4 Å². The van der Waals surface area contributed by atoms with Gasteiger partial charge in [0.1, 0.15) is 0 Å². The number of amides is 1. The van der Waals surface area contributed by atoms with Gasteiger partial charge in [0.15, 0.2) is 11.2 Å². The van der Waals surface area contributed by atoms with Crippen molar-refractivity contribution in [3.8, 4) is 0 Å². The van der Waals surface area contributed by atoms with Crippen LogP contribution in [0.25, 0.3) is 0 Å². The number of aromatic nitrogens is 1. The topological polar surface area (TPSA) is 85.5 Å². The van der Waals surface area contributed by atoms with Crippen molar-refractivity contribution in [2.45, 2.75) is 51.2 Å². The summed E-state index contributed by atoms with van der Waals surface area (Å²) in [6, 6.07) is 4.62. The minimum Gasteiger partial charge on any atom is -0.449 e. The van der Waals surface area contributed by atoms with Gasteiger partial charge >= 0.3 is 5.97 Å². The van der Waals surface area contributed by atoms with Gasteiger partial charge in [0.05, 0.1) is 5.56 Å². The van der Waals surface area contributed by atoms with Crippen molar-refractivity contribution in [2.75, 3.05) is 10.6 Å². The van der Waals surface area contributed by atoms with Crippen LogP contribution in [0, 0.1) is 0 Å². The molecule has 1 saturated carbocycles. The summed E-state index contributed by atoms with van der Waals surface area (Å²) < 4.78 is 5.41. The first-order chi connectivity index (χ1) is 13.0. The second-order valence-electron chi connectivity index (χ2n) is 6.59. The van der Waals surface area contributed by atoms with E-state index in [-0.39, 0.29) is 23.2 Å². The van der Waals surface area contributed by atoms with E-state index in [0.29, 0.717) is 10.2 Å². The first kappa shape index (κ1) is 19.6. The van der Waals surface area contributed by atoms with E-state index in [1.54, 1.807) is 24.1 Å². The number of ether oxygens (including phenoxy) is 1. The van der Waals surface area contributed by atoms with Crippen molar-refractivity contribution in [2.24, 2.45) is 0 Å². The second kappa shape index (κ2) is 8.71. The van der Waals surface area contributed by atoms with E-state index in [1.165, 1.54) is 29.9 Å². The molecule has 0 aliphatic heterocycles. The lowest BCUT2D eigenvalue weighted by molar-refractivity contribution is -0.127. The average molecular weight is 408 g/mol. The zero-order valence-electron chi connectivity index (χ0n) is 15.1. The van der Waals surface area contributed by atoms with Gasteiger partial charge in [0.25, 0.3) is 5.91 Å². The van der Waals surface area contributed by atoms with Gasteiger partial charge < -0.3 is 10.5 Å². The number of thiazole rings is 1. The van der Waals surface area contributed by atoms with Gasteiger partial charge in [-0.1, -0.05) is 30.9 Å². The predicted molar refractivity (Wildman–Crippen MR) is 107 cm³/mol. The fourth-order valence-corrected chi connectivity index (χ4v) is 4.19. The summed E-state index contributed by atoms with van der Waals surface area (Å²) in [6.07, 6.45) is 5.92. The van der Waals surface area contributed by atoms with Crippen LogP contribution < -0.4 is 10.6 Å². The Labute approximate surface area is 167 Å². The van der Waals surface area contributed by atoms with Crippen molar-refractivity contribution in [3.63, 3.8) is 0 Å². The molecule has 1 amide bonds. The Hall–Kier alpha value is -2.12. The van der Waals surface area contributed by atoms with E-state index >= 15 is 0 Å². The fourth-order valence-electron chi connectivity index (χ4n) is 3.29. The van der Waals surface area contributed by atoms with E-state index in [4.69, 9.17) is 22.1 Å². The molecule has 1 fully saturated rings. The van der Waals surface area contributed by atoms with E-state index in [9.17, 15) is 9.59 Å². The van der Waals surface area contributed by atoms with E-state index in [1.807, 2.05) is 5.38 Å². The quantitative estimate of drug-likeness (QED) is 0.590. The monoisotopic (exact) mass is 407 g/mol. The van der Waals surface area contributed by atoms with Gasteiger partial charge in [-0.2, -0.15) is 0 Å². The number of hydrogen-bond donors (Lipinski definition) is 1. The molecule has 2 aromatic rings. The number of benzene rings is 1. The molecule has 1 unspecified atom stereocenters. The van der Waals surface area contributed by atoms with E-state index in [0.717, 1.165) is 25.7 Å². The zero-order valence-corrected chi connectivity index (χ0v) is 16.6. The second-order valence-corrected chi connectivity index (χ2v) is 7.90. The molecule has 1 atom stereocenters. The molecule has 1 aromatic heterocycles. The summed E-state index contributed by atoms with van der Waals surface area (Å²) in [7, 11) is 0. The third kappa shape index (κ3) is 4.59. The van der Waals surface area contributed by atoms with Crippen LogP contribution in [0.4, 0.5) is 10.8 Å². The number of nitrogen functional groups attached to an aromatic ring is 1. The molecule has 1 aromatic carbocycles. The number of anilines is 2. The van der Waals surface area contributed by atoms with Gasteiger partial charge in [-0.25, -0.2) is 9.78 Å². The molecule has 8 heteroatoms. The third-order valence-electron chi connectivity index (χ3n) is 4.67. The predicted octanol–water partition coefficient (Wildman–Crippen LogP) is 4.29. The summed E-state index contributed by atoms with van der Waals surface area (Å²) in [4.78, 5) is 31.6. The summed E-state index contributed by atoms with van der Waals surface area (Å²) in [5.74, 6) is -0.912. The smallest absolute Gasteiger partial charge is 0.341 e. The minimum atomic E-state index is -0.946. The van der Waals surface area contributed by atoms with Crippen molar-refractivity contribution in [1.29, 1.82) is 0 Å². The van der Waals surface area contributed by atoms with Crippen LogP contribution in [0.3, 0.4) is 0 Å². The molecule has 144 valence electrons. The Morgan fingerprint density at radius 3 is 2.70 bits per heavy atom. The van der Waals surface area contributed by atoms with Crippen molar-refractivity contribution in [3.05, 3.63) is 40.4 Å². The van der Waals surface area contributed by atoms with Crippen molar-refractivity contribution in [1.82, 2.24) is 4.98 Å². The normalized spacial score (nSPS) is 15.9. The number of carbonyl (C=O) groups is 2. The lowest BCUT2D eigenvalue weighted by Gasteiger charge is -2.33. The number of esters is 1. The highest BCUT2D eigenvalue weighted by molar-refractivity contribution is 7.13. The highest BCUT2D eigenvalue weighted by Gasteiger charge is 2.33. The van der Waals surface area contributed by atoms with Gasteiger partial charge in [-0.05, 0) is 38.0 Å². The maximum atomic E-state index is 13.1. The third-order valence-corrected chi connectivity index (χ3v) is 5.67. The van der Waals surface area contributed by atoms with Crippen LogP contribution in [0.15, 0.2) is 29.8 Å². The number of carbonyl (C=O) groups excluding carboxylic acids is 2. The van der Waals surface area contributed by atoms with Gasteiger partial charge in [0.2, 0.25) is 0 Å². The standard InChI is InChI=1S/C19H22ClN3O3S/c1-12(26-18(25)15-8-7-13(20)11-16(15)21)17(24)23(19-22-9-10-27-19)14-5-3-2-4-6-14/h7-12,14H,2-6,21H2,1H3. The first-order valence-electron chi connectivity index (χ1n) is 8.96. The molecule has 1 aliphatic rings. The molecular weight excluding hydrogens is 386 g/mol. The van der Waals surface area contributed by atoms with E-state index in [2.05, 4.69) is 4.98 Å². The molecule has 27 heavy (non-hydrogen) atoms. The van der Waals surface area contributed by atoms with Gasteiger partial charge in [-0.3, -0.25) is 9.69 Å². The Morgan fingerprint density at radius 2 is 2.07 bits per heavy atom. The lowest BCUT2D eigenvalue weighted by atomic mass is 9.94. The first-order valence-corrected chi connectivity index (χ1v) is 10.2. The molecule has 1 heterocycles. The zero-order chi connectivity index (χ0) is 19.4. The summed E-state index contributed by atoms with van der Waals surface area (Å²) in [6.45, 7) is 1.58. The highest BCUT2D eigenvalue weighted by atomic mass is 35.5. The Balaban J connectivity index is 1.76. The summed E-state index contributed by atoms with van der Waals surface area (Å²) in [5, 5.41) is 2.91. The summed E-state index contributed by atoms with van der Waals surface area (Å²) in [5.41, 5.74) is 6.25. The molecule has 0 bridgehead atoms. The number of hydrogen-bond acceptors (Lipinski definition) is 6. The van der Waals surface area contributed by atoms with Crippen LogP contribution in [-0.2, 0) is 9.53 Å². The Bertz CT molecular complexity index is 807. The molecule has 0 saturated heterocycles. The largest absolute Gasteiger partial charge is 0.449 e. The minimum absolute atomic E-state index is 0.0825. The molecule has 2 N–H and O–H groups in total. The molecule has 1 aliphatic carbocycles. The van der Waals surface area contributed by atoms with Crippen molar-refractivity contribution >= 4 is 45.6 Å². The number of halogens is 1. The number of nitrogens with zero attached hydrogens (tertiary/aromatic N) is 2. The van der Waals surface area contributed by atoms with Crippen molar-refractivity contribution < 1.29 is 14.3 Å². The molecule has 0 radical (unpaired) electrons. The summed E-state index contributed by atoms with van der Waals surface area (Å²) >= 11 is 7.27. The van der Waals surface area contributed by atoms with E-state index < -0.39 is 12.1 Å². The molecule has 0 spiro atoms. The van der Waals surface area contributed by atoms with Crippen LogP contribution in [0.2, 0.25) is 5.02 Å². The molecule has 3 rings (SSSR count). The maximum absolute atomic E-state index is 13.1. The van der Waals surface area contributed by atoms with Crippen LogP contribution in [-0.4, -0.2) is 29.0 Å². The molecule has 6 nitrogen and oxygen atoms in total.